The van der Waals surface area contributed by atoms with Crippen molar-refractivity contribution in [1.29, 1.82) is 0 Å². The average Bonchev–Trinajstić information content (AvgIpc) is 2.80. The first-order valence-corrected chi connectivity index (χ1v) is 6.04. The van der Waals surface area contributed by atoms with Gasteiger partial charge in [0.05, 0.1) is 0 Å². The summed E-state index contributed by atoms with van der Waals surface area (Å²) in [7, 11) is 0. The molecule has 1 aromatic heterocycles. The van der Waals surface area contributed by atoms with Crippen LogP contribution < -0.4 is 0 Å². The average molecular weight is 239 g/mol. The van der Waals surface area contributed by atoms with E-state index >= 15 is 0 Å². The fourth-order valence-corrected chi connectivity index (χ4v) is 2.40. The van der Waals surface area contributed by atoms with Gasteiger partial charge in [-0.1, -0.05) is 24.3 Å². The van der Waals surface area contributed by atoms with E-state index in [9.17, 15) is 4.39 Å². The van der Waals surface area contributed by atoms with Gasteiger partial charge in [-0.05, 0) is 41.8 Å². The highest BCUT2D eigenvalue weighted by Crippen LogP contribution is 2.23. The summed E-state index contributed by atoms with van der Waals surface area (Å²) in [5.41, 5.74) is 4.21. The third kappa shape index (κ3) is 1.90. The number of hydrogen-bond acceptors (Lipinski definition) is 0. The van der Waals surface area contributed by atoms with Crippen LogP contribution in [0.4, 0.5) is 4.39 Å². The molecule has 0 saturated heterocycles. The Morgan fingerprint density at radius 3 is 2.72 bits per heavy atom. The molecule has 1 N–H and O–H groups in total. The van der Waals surface area contributed by atoms with Crippen molar-refractivity contribution in [2.45, 2.75) is 13.3 Å². The molecule has 0 unspecified atom stereocenters. The summed E-state index contributed by atoms with van der Waals surface area (Å²) in [4.78, 5) is 3.21. The lowest BCUT2D eigenvalue weighted by Crippen LogP contribution is -1.93. The Kier molecular flexibility index (Phi) is 2.63. The Labute approximate surface area is 105 Å². The van der Waals surface area contributed by atoms with Crippen LogP contribution in [0.25, 0.3) is 10.9 Å². The number of benzene rings is 2. The molecule has 0 aliphatic heterocycles. The Hall–Kier alpha value is -2.09. The van der Waals surface area contributed by atoms with Crippen LogP contribution in [0.1, 0.15) is 16.7 Å². The number of rotatable bonds is 2. The summed E-state index contributed by atoms with van der Waals surface area (Å²) in [5, 5.41) is 1.17. The summed E-state index contributed by atoms with van der Waals surface area (Å²) in [6.45, 7) is 2.06. The molecule has 1 nitrogen and oxygen atoms in total. The van der Waals surface area contributed by atoms with E-state index in [1.807, 2.05) is 24.4 Å². The molecule has 0 spiro atoms. The van der Waals surface area contributed by atoms with Gasteiger partial charge in [0.15, 0.2) is 0 Å². The van der Waals surface area contributed by atoms with E-state index in [4.69, 9.17) is 0 Å². The molecule has 3 rings (SSSR count). The molecule has 0 aliphatic carbocycles. The number of fused-ring (bicyclic) bond motifs is 1. The van der Waals surface area contributed by atoms with E-state index in [0.29, 0.717) is 6.42 Å². The first-order chi connectivity index (χ1) is 8.74. The highest BCUT2D eigenvalue weighted by molar-refractivity contribution is 5.84. The van der Waals surface area contributed by atoms with E-state index in [1.165, 1.54) is 17.0 Å². The molecule has 0 atom stereocenters. The zero-order valence-electron chi connectivity index (χ0n) is 10.2. The van der Waals surface area contributed by atoms with Crippen molar-refractivity contribution >= 4 is 10.9 Å². The smallest absolute Gasteiger partial charge is 0.126 e. The standard InChI is InChI=1S/C16H14FN/c1-11-8-13(14-6-7-18-16(14)9-11)10-12-4-2-3-5-15(12)17/h2-9,18H,10H2,1H3. The van der Waals surface area contributed by atoms with Gasteiger partial charge in [0.25, 0.3) is 0 Å². The van der Waals surface area contributed by atoms with Crippen molar-refractivity contribution < 1.29 is 4.39 Å². The van der Waals surface area contributed by atoms with Gasteiger partial charge < -0.3 is 4.98 Å². The van der Waals surface area contributed by atoms with E-state index in [-0.39, 0.29) is 5.82 Å². The minimum absolute atomic E-state index is 0.136. The quantitative estimate of drug-likeness (QED) is 0.689. The number of aromatic amines is 1. The molecule has 0 radical (unpaired) electrons. The van der Waals surface area contributed by atoms with E-state index in [2.05, 4.69) is 24.0 Å². The van der Waals surface area contributed by atoms with Gasteiger partial charge >= 0.3 is 0 Å². The van der Waals surface area contributed by atoms with Crippen LogP contribution in [0, 0.1) is 12.7 Å². The second-order valence-electron chi connectivity index (χ2n) is 4.63. The highest BCUT2D eigenvalue weighted by atomic mass is 19.1. The van der Waals surface area contributed by atoms with Crippen LogP contribution in [-0.2, 0) is 6.42 Å². The molecular weight excluding hydrogens is 225 g/mol. The van der Waals surface area contributed by atoms with Crippen molar-refractivity contribution in [2.75, 3.05) is 0 Å². The number of hydrogen-bond donors (Lipinski definition) is 1. The van der Waals surface area contributed by atoms with Crippen LogP contribution >= 0.6 is 0 Å². The summed E-state index contributed by atoms with van der Waals surface area (Å²) >= 11 is 0. The zero-order valence-corrected chi connectivity index (χ0v) is 10.2. The minimum atomic E-state index is -0.136. The monoisotopic (exact) mass is 239 g/mol. The van der Waals surface area contributed by atoms with E-state index < -0.39 is 0 Å². The topological polar surface area (TPSA) is 15.8 Å². The van der Waals surface area contributed by atoms with Gasteiger partial charge in [-0.3, -0.25) is 0 Å². The first kappa shape index (κ1) is 11.0. The number of nitrogens with one attached hydrogen (secondary N) is 1. The lowest BCUT2D eigenvalue weighted by Gasteiger charge is -2.06. The van der Waals surface area contributed by atoms with Crippen molar-refractivity contribution in [3.63, 3.8) is 0 Å². The molecule has 0 aliphatic rings. The van der Waals surface area contributed by atoms with Crippen molar-refractivity contribution in [2.24, 2.45) is 0 Å². The summed E-state index contributed by atoms with van der Waals surface area (Å²) in [6, 6.07) is 13.2. The van der Waals surface area contributed by atoms with Gasteiger partial charge in [-0.15, -0.1) is 0 Å². The van der Waals surface area contributed by atoms with E-state index in [0.717, 1.165) is 16.6 Å². The molecule has 0 fully saturated rings. The van der Waals surface area contributed by atoms with Crippen LogP contribution in [0.2, 0.25) is 0 Å². The Morgan fingerprint density at radius 2 is 1.89 bits per heavy atom. The maximum absolute atomic E-state index is 13.7. The molecule has 2 heteroatoms. The third-order valence-corrected chi connectivity index (χ3v) is 3.24. The minimum Gasteiger partial charge on any atom is -0.361 e. The first-order valence-electron chi connectivity index (χ1n) is 6.04. The number of aryl methyl sites for hydroxylation is 1. The Balaban J connectivity index is 2.10. The second-order valence-corrected chi connectivity index (χ2v) is 4.63. The van der Waals surface area contributed by atoms with Crippen molar-refractivity contribution in [1.82, 2.24) is 4.98 Å². The van der Waals surface area contributed by atoms with E-state index in [1.54, 1.807) is 6.07 Å². The maximum Gasteiger partial charge on any atom is 0.126 e. The van der Waals surface area contributed by atoms with Crippen molar-refractivity contribution in [3.05, 3.63) is 71.2 Å². The molecule has 3 aromatic rings. The highest BCUT2D eigenvalue weighted by Gasteiger charge is 2.07. The molecule has 18 heavy (non-hydrogen) atoms. The van der Waals surface area contributed by atoms with Crippen LogP contribution in [0.15, 0.2) is 48.7 Å². The third-order valence-electron chi connectivity index (χ3n) is 3.24. The molecule has 0 bridgehead atoms. The zero-order chi connectivity index (χ0) is 12.5. The van der Waals surface area contributed by atoms with Crippen molar-refractivity contribution in [3.8, 4) is 0 Å². The lowest BCUT2D eigenvalue weighted by atomic mass is 9.99. The molecule has 2 aromatic carbocycles. The molecule has 0 saturated carbocycles. The largest absolute Gasteiger partial charge is 0.361 e. The van der Waals surface area contributed by atoms with Crippen LogP contribution in [-0.4, -0.2) is 4.98 Å². The normalized spacial score (nSPS) is 11.0. The van der Waals surface area contributed by atoms with Gasteiger partial charge in [-0.25, -0.2) is 4.39 Å². The molecule has 1 heterocycles. The predicted octanol–water partition coefficient (Wildman–Crippen LogP) is 4.21. The number of halogens is 1. The Bertz CT molecular complexity index is 697. The predicted molar refractivity (Wildman–Crippen MR) is 72.2 cm³/mol. The number of aromatic nitrogens is 1. The SMILES string of the molecule is Cc1cc(Cc2ccccc2F)c2cc[nH]c2c1. The summed E-state index contributed by atoms with van der Waals surface area (Å²) in [5.74, 6) is -0.136. The summed E-state index contributed by atoms with van der Waals surface area (Å²) in [6.07, 6.45) is 2.55. The number of H-pyrrole nitrogens is 1. The molecular formula is C16H14FN. The Morgan fingerprint density at radius 1 is 1.06 bits per heavy atom. The molecule has 90 valence electrons. The molecule has 0 amide bonds. The van der Waals surface area contributed by atoms with Gasteiger partial charge in [-0.2, -0.15) is 0 Å². The van der Waals surface area contributed by atoms with Gasteiger partial charge in [0, 0.05) is 23.5 Å². The van der Waals surface area contributed by atoms with Gasteiger partial charge in [0.2, 0.25) is 0 Å². The van der Waals surface area contributed by atoms with Crippen LogP contribution in [0.5, 0.6) is 0 Å². The fourth-order valence-electron chi connectivity index (χ4n) is 2.40. The fraction of sp³-hybridized carbons (Fsp3) is 0.125. The summed E-state index contributed by atoms with van der Waals surface area (Å²) < 4.78 is 13.7. The lowest BCUT2D eigenvalue weighted by molar-refractivity contribution is 0.614. The van der Waals surface area contributed by atoms with Crippen LogP contribution in [0.3, 0.4) is 0 Å². The maximum atomic E-state index is 13.7. The van der Waals surface area contributed by atoms with Gasteiger partial charge in [0.1, 0.15) is 5.82 Å². The second kappa shape index (κ2) is 4.30.